The van der Waals surface area contributed by atoms with Gasteiger partial charge in [0.15, 0.2) is 0 Å². The van der Waals surface area contributed by atoms with Crippen molar-refractivity contribution in [3.05, 3.63) is 42.5 Å². The van der Waals surface area contributed by atoms with E-state index in [2.05, 4.69) is 0 Å². The molecule has 1 aromatic carbocycles. The molecule has 0 fully saturated rings. The van der Waals surface area contributed by atoms with Gasteiger partial charge in [-0.15, -0.1) is 0 Å². The number of rotatable bonds is 9. The van der Waals surface area contributed by atoms with Crippen molar-refractivity contribution in [2.75, 3.05) is 13.2 Å². The van der Waals surface area contributed by atoms with E-state index in [0.29, 0.717) is 13.2 Å². The van der Waals surface area contributed by atoms with Gasteiger partial charge in [-0.2, -0.15) is 0 Å². The van der Waals surface area contributed by atoms with Crippen LogP contribution in [0.25, 0.3) is 0 Å². The summed E-state index contributed by atoms with van der Waals surface area (Å²) in [7, 11) is -3.21. The topological polar surface area (TPSA) is 44.8 Å². The third-order valence-electron chi connectivity index (χ3n) is 2.66. The van der Waals surface area contributed by atoms with Crippen molar-refractivity contribution in [3.63, 3.8) is 0 Å². The fraction of sp³-hybridized carbons (Fsp3) is 0.438. The Morgan fingerprint density at radius 1 is 1.10 bits per heavy atom. The lowest BCUT2D eigenvalue weighted by Crippen LogP contribution is -2.58. The van der Waals surface area contributed by atoms with Crippen LogP contribution in [0, 0.1) is 0 Å². The minimum absolute atomic E-state index is 0.430. The van der Waals surface area contributed by atoms with Gasteiger partial charge in [0.2, 0.25) is 0 Å². The number of carbonyl (C=O) groups is 1. The molecular formula is C16H24O4Si. The highest BCUT2D eigenvalue weighted by molar-refractivity contribution is 6.76. The van der Waals surface area contributed by atoms with Crippen LogP contribution in [0.5, 0.6) is 0 Å². The second kappa shape index (κ2) is 9.49. The van der Waals surface area contributed by atoms with Crippen LogP contribution >= 0.6 is 0 Å². The summed E-state index contributed by atoms with van der Waals surface area (Å²) in [4.78, 5) is 11.9. The van der Waals surface area contributed by atoms with Gasteiger partial charge in [0.05, 0.1) is 0 Å². The highest BCUT2D eigenvalue weighted by atomic mass is 28.4. The summed E-state index contributed by atoms with van der Waals surface area (Å²) in [5.41, 5.74) is 0. The minimum atomic E-state index is -3.21. The van der Waals surface area contributed by atoms with E-state index in [9.17, 15) is 4.79 Å². The predicted molar refractivity (Wildman–Crippen MR) is 85.2 cm³/mol. The maximum absolute atomic E-state index is 11.9. The quantitative estimate of drug-likeness (QED) is 0.520. The zero-order valence-electron chi connectivity index (χ0n) is 13.0. The van der Waals surface area contributed by atoms with Crippen LogP contribution in [0.2, 0.25) is 0 Å². The predicted octanol–water partition coefficient (Wildman–Crippen LogP) is 2.81. The highest BCUT2D eigenvalue weighted by Crippen LogP contribution is 2.13. The molecule has 116 valence electrons. The van der Waals surface area contributed by atoms with Crippen molar-refractivity contribution >= 4 is 20.0 Å². The number of hydrogen-bond acceptors (Lipinski definition) is 4. The number of benzene rings is 1. The number of carbonyl (C=O) groups excluding carboxylic acids is 1. The first-order valence-electron chi connectivity index (χ1n) is 7.37. The summed E-state index contributed by atoms with van der Waals surface area (Å²) < 4.78 is 17.5. The smallest absolute Gasteiger partial charge is 0.467 e. The van der Waals surface area contributed by atoms with Gasteiger partial charge in [-0.3, -0.25) is 0 Å². The first-order valence-corrected chi connectivity index (χ1v) is 9.10. The normalized spacial score (nSPS) is 11.8. The highest BCUT2D eigenvalue weighted by Gasteiger charge is 2.47. The summed E-state index contributed by atoms with van der Waals surface area (Å²) in [6.45, 7) is 6.78. The second-order valence-corrected chi connectivity index (χ2v) is 7.01. The molecule has 1 rings (SSSR count). The summed E-state index contributed by atoms with van der Waals surface area (Å²) in [5, 5.41) is 0.810. The van der Waals surface area contributed by atoms with Crippen molar-refractivity contribution in [1.29, 1.82) is 0 Å². The monoisotopic (exact) mass is 308 g/mol. The summed E-state index contributed by atoms with van der Waals surface area (Å²) in [5.74, 6) is -0.430. The molecule has 0 saturated carbocycles. The van der Waals surface area contributed by atoms with E-state index in [1.165, 1.54) is 6.08 Å². The van der Waals surface area contributed by atoms with Crippen LogP contribution in [-0.2, 0) is 18.1 Å². The van der Waals surface area contributed by atoms with Crippen LogP contribution in [0.15, 0.2) is 42.5 Å². The van der Waals surface area contributed by atoms with Crippen LogP contribution in [-0.4, -0.2) is 28.0 Å². The molecule has 0 heterocycles. The van der Waals surface area contributed by atoms with Gasteiger partial charge in [-0.1, -0.05) is 50.3 Å². The summed E-state index contributed by atoms with van der Waals surface area (Å²) >= 11 is 0. The molecule has 0 bridgehead atoms. The van der Waals surface area contributed by atoms with Crippen LogP contribution in [0.1, 0.15) is 33.6 Å². The molecule has 0 radical (unpaired) electrons. The zero-order valence-corrected chi connectivity index (χ0v) is 14.0. The molecule has 0 aliphatic carbocycles. The fourth-order valence-corrected chi connectivity index (χ4v) is 4.28. The third-order valence-corrected chi connectivity index (χ3v) is 5.34. The van der Waals surface area contributed by atoms with Crippen molar-refractivity contribution in [2.24, 2.45) is 0 Å². The lowest BCUT2D eigenvalue weighted by Gasteiger charge is -2.28. The summed E-state index contributed by atoms with van der Waals surface area (Å²) in [6, 6.07) is 9.48. The average Bonchev–Trinajstić information content (AvgIpc) is 2.51. The average molecular weight is 308 g/mol. The molecule has 0 aliphatic rings. The van der Waals surface area contributed by atoms with E-state index in [1.807, 2.05) is 44.2 Å². The SMILES string of the molecule is CC=CC(=O)O[Si](OCCC)(OCCC)c1ccccc1. The van der Waals surface area contributed by atoms with E-state index in [1.54, 1.807) is 13.0 Å². The first-order chi connectivity index (χ1) is 10.2. The lowest BCUT2D eigenvalue weighted by atomic mass is 10.4. The minimum Gasteiger partial charge on any atom is -0.467 e. The van der Waals surface area contributed by atoms with Gasteiger partial charge in [0.25, 0.3) is 0 Å². The van der Waals surface area contributed by atoms with Crippen LogP contribution < -0.4 is 5.19 Å². The van der Waals surface area contributed by atoms with Gasteiger partial charge in [0.1, 0.15) is 0 Å². The fourth-order valence-electron chi connectivity index (χ4n) is 1.74. The molecule has 0 unspecified atom stereocenters. The number of allylic oxidation sites excluding steroid dienone is 1. The molecule has 0 amide bonds. The Morgan fingerprint density at radius 3 is 2.14 bits per heavy atom. The van der Waals surface area contributed by atoms with Gasteiger partial charge in [0, 0.05) is 24.5 Å². The van der Waals surface area contributed by atoms with Gasteiger partial charge in [-0.05, 0) is 19.8 Å². The molecule has 0 aromatic heterocycles. The molecule has 0 spiro atoms. The lowest BCUT2D eigenvalue weighted by molar-refractivity contribution is -0.133. The number of hydrogen-bond donors (Lipinski definition) is 0. The molecular weight excluding hydrogens is 284 g/mol. The van der Waals surface area contributed by atoms with E-state index in [-0.39, 0.29) is 0 Å². The molecule has 4 nitrogen and oxygen atoms in total. The standard InChI is InChI=1S/C16H24O4Si/c1-4-10-16(17)20-21(18-13-5-2,19-14-6-3)15-11-8-7-9-12-15/h4,7-12H,5-6,13-14H2,1-3H3. The van der Waals surface area contributed by atoms with Crippen molar-refractivity contribution in [2.45, 2.75) is 33.6 Å². The molecule has 0 aliphatic heterocycles. The van der Waals surface area contributed by atoms with E-state index >= 15 is 0 Å². The Morgan fingerprint density at radius 2 is 1.67 bits per heavy atom. The summed E-state index contributed by atoms with van der Waals surface area (Å²) in [6.07, 6.45) is 4.69. The van der Waals surface area contributed by atoms with Gasteiger partial charge in [-0.25, -0.2) is 4.79 Å². The van der Waals surface area contributed by atoms with E-state index in [4.69, 9.17) is 13.3 Å². The molecule has 5 heteroatoms. The Kier molecular flexibility index (Phi) is 7.96. The second-order valence-electron chi connectivity index (χ2n) is 4.54. The van der Waals surface area contributed by atoms with Crippen molar-refractivity contribution < 1.29 is 18.1 Å². The maximum Gasteiger partial charge on any atom is 0.604 e. The molecule has 21 heavy (non-hydrogen) atoms. The van der Waals surface area contributed by atoms with Crippen molar-refractivity contribution in [1.82, 2.24) is 0 Å². The van der Waals surface area contributed by atoms with Gasteiger partial charge >= 0.3 is 14.8 Å². The maximum atomic E-state index is 11.9. The Labute approximate surface area is 128 Å². The third kappa shape index (κ3) is 5.45. The zero-order chi connectivity index (χ0) is 15.6. The molecule has 0 N–H and O–H groups in total. The molecule has 0 saturated heterocycles. The van der Waals surface area contributed by atoms with E-state index < -0.39 is 14.8 Å². The van der Waals surface area contributed by atoms with Crippen molar-refractivity contribution in [3.8, 4) is 0 Å². The van der Waals surface area contributed by atoms with Gasteiger partial charge < -0.3 is 13.3 Å². The first kappa shape index (κ1) is 17.6. The Hall–Kier alpha value is -1.43. The molecule has 1 aromatic rings. The Balaban J connectivity index is 3.10. The van der Waals surface area contributed by atoms with Crippen LogP contribution in [0.3, 0.4) is 0 Å². The largest absolute Gasteiger partial charge is 0.604 e. The van der Waals surface area contributed by atoms with E-state index in [0.717, 1.165) is 18.0 Å². The molecule has 0 atom stereocenters. The Bertz CT molecular complexity index is 437. The van der Waals surface area contributed by atoms with Crippen LogP contribution in [0.4, 0.5) is 0 Å².